The molecule has 1 atom stereocenters. The molecule has 3 N–H and O–H groups in total. The van der Waals surface area contributed by atoms with E-state index in [1.807, 2.05) is 12.1 Å². The van der Waals surface area contributed by atoms with E-state index >= 15 is 0 Å². The molecule has 4 heteroatoms. The lowest BCUT2D eigenvalue weighted by Crippen LogP contribution is -2.19. The van der Waals surface area contributed by atoms with Crippen LogP contribution in [-0.4, -0.2) is 30.5 Å². The molecule has 0 aliphatic rings. The Bertz CT molecular complexity index is 355. The molecule has 0 saturated carbocycles. The first-order chi connectivity index (χ1) is 8.69. The lowest BCUT2D eigenvalue weighted by atomic mass is 10.1. The number of aliphatic hydroxyl groups excluding tert-OH is 1. The monoisotopic (exact) mass is 253 g/mol. The van der Waals surface area contributed by atoms with Crippen molar-refractivity contribution in [3.8, 4) is 11.5 Å². The van der Waals surface area contributed by atoms with Crippen LogP contribution in [-0.2, 0) is 0 Å². The van der Waals surface area contributed by atoms with Crippen LogP contribution in [0.15, 0.2) is 18.2 Å². The van der Waals surface area contributed by atoms with E-state index in [9.17, 15) is 5.11 Å². The lowest BCUT2D eigenvalue weighted by molar-refractivity contribution is 0.282. The van der Waals surface area contributed by atoms with Gasteiger partial charge >= 0.3 is 0 Å². The topological polar surface area (TPSA) is 61.7 Å². The third kappa shape index (κ3) is 4.55. The van der Waals surface area contributed by atoms with E-state index in [1.165, 1.54) is 0 Å². The van der Waals surface area contributed by atoms with E-state index < -0.39 is 0 Å². The van der Waals surface area contributed by atoms with Crippen LogP contribution in [0.5, 0.6) is 11.5 Å². The van der Waals surface area contributed by atoms with Gasteiger partial charge in [-0.1, -0.05) is 6.07 Å². The molecule has 0 amide bonds. The molecule has 1 aromatic rings. The summed E-state index contributed by atoms with van der Waals surface area (Å²) >= 11 is 0. The second-order valence-corrected chi connectivity index (χ2v) is 4.39. The van der Waals surface area contributed by atoms with Gasteiger partial charge in [-0.25, -0.2) is 0 Å². The fraction of sp³-hybridized carbons (Fsp3) is 0.571. The molecule has 0 bridgehead atoms. The summed E-state index contributed by atoms with van der Waals surface area (Å²) in [4.78, 5) is 0. The summed E-state index contributed by atoms with van der Waals surface area (Å²) < 4.78 is 5.09. The number of benzene rings is 1. The molecule has 0 aliphatic heterocycles. The van der Waals surface area contributed by atoms with Crippen LogP contribution in [0.4, 0.5) is 0 Å². The molecule has 0 aliphatic carbocycles. The van der Waals surface area contributed by atoms with Crippen LogP contribution in [0, 0.1) is 0 Å². The first-order valence-corrected chi connectivity index (χ1v) is 6.40. The van der Waals surface area contributed by atoms with Crippen molar-refractivity contribution in [2.75, 3.05) is 20.3 Å². The molecule has 0 saturated heterocycles. The second-order valence-electron chi connectivity index (χ2n) is 4.39. The Hall–Kier alpha value is -1.26. The number of aliphatic hydroxyl groups is 1. The standard InChI is InChI=1S/C14H23NO3/c1-11(15-8-4-3-5-9-16)12-6-7-13(17)14(10-12)18-2/h6-7,10-11,15-17H,3-5,8-9H2,1-2H3. The van der Waals surface area contributed by atoms with Gasteiger partial charge in [0.1, 0.15) is 0 Å². The molecular weight excluding hydrogens is 230 g/mol. The van der Waals surface area contributed by atoms with Crippen molar-refractivity contribution in [3.05, 3.63) is 23.8 Å². The van der Waals surface area contributed by atoms with Crippen LogP contribution >= 0.6 is 0 Å². The van der Waals surface area contributed by atoms with Crippen LogP contribution in [0.25, 0.3) is 0 Å². The summed E-state index contributed by atoms with van der Waals surface area (Å²) in [7, 11) is 1.55. The van der Waals surface area contributed by atoms with E-state index in [0.717, 1.165) is 31.4 Å². The van der Waals surface area contributed by atoms with Crippen LogP contribution in [0.2, 0.25) is 0 Å². The third-order valence-electron chi connectivity index (χ3n) is 2.99. The highest BCUT2D eigenvalue weighted by atomic mass is 16.5. The van der Waals surface area contributed by atoms with Gasteiger partial charge in [0.25, 0.3) is 0 Å². The Morgan fingerprint density at radius 2 is 2.06 bits per heavy atom. The normalized spacial score (nSPS) is 12.4. The number of phenols is 1. The Morgan fingerprint density at radius 1 is 1.28 bits per heavy atom. The largest absolute Gasteiger partial charge is 0.504 e. The van der Waals surface area contributed by atoms with Gasteiger partial charge in [-0.3, -0.25) is 0 Å². The maximum atomic E-state index is 9.52. The van der Waals surface area contributed by atoms with Crippen LogP contribution < -0.4 is 10.1 Å². The van der Waals surface area contributed by atoms with E-state index in [2.05, 4.69) is 12.2 Å². The predicted octanol–water partition coefficient (Wildman–Crippen LogP) is 2.21. The number of unbranched alkanes of at least 4 members (excludes halogenated alkanes) is 2. The number of nitrogens with one attached hydrogen (secondary N) is 1. The lowest BCUT2D eigenvalue weighted by Gasteiger charge is -2.15. The molecule has 0 aromatic heterocycles. The minimum Gasteiger partial charge on any atom is -0.504 e. The molecule has 1 rings (SSSR count). The van der Waals surface area contributed by atoms with Crippen molar-refractivity contribution in [1.29, 1.82) is 0 Å². The second kappa shape index (κ2) is 7.95. The van der Waals surface area contributed by atoms with Gasteiger partial charge in [0, 0.05) is 12.6 Å². The van der Waals surface area contributed by atoms with Crippen LogP contribution in [0.1, 0.15) is 37.8 Å². The molecule has 4 nitrogen and oxygen atoms in total. The highest BCUT2D eigenvalue weighted by Gasteiger charge is 2.08. The Morgan fingerprint density at radius 3 is 2.72 bits per heavy atom. The summed E-state index contributed by atoms with van der Waals surface area (Å²) in [6, 6.07) is 5.61. The fourth-order valence-corrected chi connectivity index (χ4v) is 1.81. The SMILES string of the molecule is COc1cc(C(C)NCCCCCO)ccc1O. The number of rotatable bonds is 8. The van der Waals surface area contributed by atoms with E-state index in [4.69, 9.17) is 9.84 Å². The smallest absolute Gasteiger partial charge is 0.160 e. The van der Waals surface area contributed by atoms with Gasteiger partial charge < -0.3 is 20.3 Å². The Kier molecular flexibility index (Phi) is 6.54. The Balaban J connectivity index is 2.43. The first kappa shape index (κ1) is 14.8. The maximum Gasteiger partial charge on any atom is 0.160 e. The van der Waals surface area contributed by atoms with Crippen molar-refractivity contribution in [1.82, 2.24) is 5.32 Å². The zero-order chi connectivity index (χ0) is 13.4. The number of hydrogen-bond donors (Lipinski definition) is 3. The van der Waals surface area contributed by atoms with Crippen molar-refractivity contribution < 1.29 is 14.9 Å². The molecule has 102 valence electrons. The number of methoxy groups -OCH3 is 1. The van der Waals surface area contributed by atoms with Gasteiger partial charge in [-0.2, -0.15) is 0 Å². The number of hydrogen-bond acceptors (Lipinski definition) is 4. The molecule has 0 heterocycles. The molecule has 1 unspecified atom stereocenters. The highest BCUT2D eigenvalue weighted by molar-refractivity contribution is 5.42. The molecule has 1 aromatic carbocycles. The van der Waals surface area contributed by atoms with E-state index in [-0.39, 0.29) is 18.4 Å². The van der Waals surface area contributed by atoms with E-state index in [0.29, 0.717) is 5.75 Å². The van der Waals surface area contributed by atoms with Gasteiger partial charge in [0.15, 0.2) is 11.5 Å². The van der Waals surface area contributed by atoms with Crippen molar-refractivity contribution in [3.63, 3.8) is 0 Å². The fourth-order valence-electron chi connectivity index (χ4n) is 1.81. The molecule has 0 radical (unpaired) electrons. The Labute approximate surface area is 109 Å². The number of phenolic OH excluding ortho intramolecular Hbond substituents is 1. The molecule has 0 fully saturated rings. The zero-order valence-corrected chi connectivity index (χ0v) is 11.1. The highest BCUT2D eigenvalue weighted by Crippen LogP contribution is 2.28. The minimum atomic E-state index is 0.163. The predicted molar refractivity (Wildman–Crippen MR) is 72.0 cm³/mol. The van der Waals surface area contributed by atoms with Gasteiger partial charge in [0.2, 0.25) is 0 Å². The van der Waals surface area contributed by atoms with E-state index in [1.54, 1.807) is 13.2 Å². The summed E-state index contributed by atoms with van der Waals surface area (Å²) in [6.45, 7) is 3.27. The summed E-state index contributed by atoms with van der Waals surface area (Å²) in [5, 5.41) is 21.6. The quantitative estimate of drug-likeness (QED) is 0.622. The summed E-state index contributed by atoms with van der Waals surface area (Å²) in [6.07, 6.45) is 2.96. The zero-order valence-electron chi connectivity index (χ0n) is 11.1. The van der Waals surface area contributed by atoms with Crippen molar-refractivity contribution >= 4 is 0 Å². The van der Waals surface area contributed by atoms with Gasteiger partial charge in [-0.15, -0.1) is 0 Å². The van der Waals surface area contributed by atoms with Gasteiger partial charge in [-0.05, 0) is 50.4 Å². The maximum absolute atomic E-state index is 9.52. The average Bonchev–Trinajstić information content (AvgIpc) is 2.38. The summed E-state index contributed by atoms with van der Waals surface area (Å²) in [5.41, 5.74) is 1.09. The third-order valence-corrected chi connectivity index (χ3v) is 2.99. The number of ether oxygens (including phenoxy) is 1. The average molecular weight is 253 g/mol. The number of aromatic hydroxyl groups is 1. The summed E-state index contributed by atoms with van der Waals surface area (Å²) in [5.74, 6) is 0.665. The minimum absolute atomic E-state index is 0.163. The van der Waals surface area contributed by atoms with Crippen molar-refractivity contribution in [2.24, 2.45) is 0 Å². The first-order valence-electron chi connectivity index (χ1n) is 6.40. The molecule has 0 spiro atoms. The van der Waals surface area contributed by atoms with Crippen molar-refractivity contribution in [2.45, 2.75) is 32.2 Å². The molecular formula is C14H23NO3. The van der Waals surface area contributed by atoms with Gasteiger partial charge in [0.05, 0.1) is 7.11 Å². The van der Waals surface area contributed by atoms with Crippen LogP contribution in [0.3, 0.4) is 0 Å². The molecule has 18 heavy (non-hydrogen) atoms.